The molecule has 2 heterocycles. The Morgan fingerprint density at radius 1 is 1.09 bits per heavy atom. The summed E-state index contributed by atoms with van der Waals surface area (Å²) in [6, 6.07) is 11.2. The van der Waals surface area contributed by atoms with Gasteiger partial charge in [-0.25, -0.2) is 4.98 Å². The van der Waals surface area contributed by atoms with E-state index in [1.54, 1.807) is 0 Å². The normalized spacial score (nSPS) is 15.7. The Morgan fingerprint density at radius 2 is 1.78 bits per heavy atom. The Hall–Kier alpha value is -2.10. The minimum absolute atomic E-state index is 0.673. The molecule has 1 aromatic carbocycles. The minimum atomic E-state index is 0.673. The third-order valence-electron chi connectivity index (χ3n) is 4.71. The van der Waals surface area contributed by atoms with E-state index in [1.807, 2.05) is 31.3 Å². The van der Waals surface area contributed by atoms with Gasteiger partial charge in [-0.1, -0.05) is 31.2 Å². The number of aryl methyl sites for hydroxylation is 1. The summed E-state index contributed by atoms with van der Waals surface area (Å²) in [5, 5.41) is 0. The van der Waals surface area contributed by atoms with Crippen molar-refractivity contribution in [3.05, 3.63) is 47.7 Å². The fraction of sp³-hybridized carbons (Fsp3) is 0.474. The van der Waals surface area contributed by atoms with Crippen molar-refractivity contribution >= 4 is 11.8 Å². The van der Waals surface area contributed by atoms with Crippen LogP contribution in [0.5, 0.6) is 0 Å². The van der Waals surface area contributed by atoms with Crippen LogP contribution in [0.1, 0.15) is 36.8 Å². The van der Waals surface area contributed by atoms with Gasteiger partial charge in [-0.05, 0) is 42.4 Å². The van der Waals surface area contributed by atoms with Gasteiger partial charge >= 0.3 is 0 Å². The van der Waals surface area contributed by atoms with E-state index in [4.69, 9.17) is 0 Å². The van der Waals surface area contributed by atoms with Crippen molar-refractivity contribution in [3.63, 3.8) is 0 Å². The molecule has 3 rings (SSSR count). The lowest BCUT2D eigenvalue weighted by Gasteiger charge is -2.33. The van der Waals surface area contributed by atoms with Crippen LogP contribution >= 0.6 is 0 Å². The van der Waals surface area contributed by atoms with Gasteiger partial charge in [-0.3, -0.25) is 0 Å². The summed E-state index contributed by atoms with van der Waals surface area (Å²) in [5.41, 5.74) is 2.90. The number of nitrogens with zero attached hydrogens (tertiary/aromatic N) is 4. The lowest BCUT2D eigenvalue weighted by molar-refractivity contribution is 0.502. The van der Waals surface area contributed by atoms with Crippen LogP contribution in [0.25, 0.3) is 0 Å². The molecular formula is C19H26N4. The molecule has 1 aromatic heterocycles. The maximum absolute atomic E-state index is 4.66. The second-order valence-electron chi connectivity index (χ2n) is 6.47. The Bertz CT molecular complexity index is 628. The summed E-state index contributed by atoms with van der Waals surface area (Å²) < 4.78 is 0. The van der Waals surface area contributed by atoms with Crippen molar-refractivity contribution in [2.75, 3.05) is 37.0 Å². The zero-order valence-electron chi connectivity index (χ0n) is 14.4. The Morgan fingerprint density at radius 3 is 2.39 bits per heavy atom. The van der Waals surface area contributed by atoms with Crippen LogP contribution in [0, 0.1) is 0 Å². The minimum Gasteiger partial charge on any atom is -0.356 e. The Kier molecular flexibility index (Phi) is 4.79. The molecule has 0 amide bonds. The van der Waals surface area contributed by atoms with Crippen LogP contribution in [0.2, 0.25) is 0 Å². The van der Waals surface area contributed by atoms with E-state index in [0.717, 1.165) is 31.3 Å². The molecule has 122 valence electrons. The average Bonchev–Trinajstić information content (AvgIpc) is 2.62. The summed E-state index contributed by atoms with van der Waals surface area (Å²) in [7, 11) is 3.95. The molecule has 4 heteroatoms. The lowest BCUT2D eigenvalue weighted by atomic mass is 9.89. The number of aromatic nitrogens is 2. The third kappa shape index (κ3) is 3.63. The molecular weight excluding hydrogens is 284 g/mol. The summed E-state index contributed by atoms with van der Waals surface area (Å²) in [5.74, 6) is 2.50. The summed E-state index contributed by atoms with van der Waals surface area (Å²) >= 11 is 0. The smallest absolute Gasteiger partial charge is 0.226 e. The first-order chi connectivity index (χ1) is 11.2. The first-order valence-corrected chi connectivity index (χ1v) is 8.51. The van der Waals surface area contributed by atoms with E-state index < -0.39 is 0 Å². The summed E-state index contributed by atoms with van der Waals surface area (Å²) in [4.78, 5) is 13.3. The molecule has 2 aromatic rings. The van der Waals surface area contributed by atoms with Gasteiger partial charge in [0.05, 0.1) is 0 Å². The van der Waals surface area contributed by atoms with Crippen molar-refractivity contribution < 1.29 is 0 Å². The van der Waals surface area contributed by atoms with Crippen LogP contribution in [-0.4, -0.2) is 37.2 Å². The van der Waals surface area contributed by atoms with Crippen LogP contribution in [-0.2, 0) is 6.42 Å². The van der Waals surface area contributed by atoms with Crippen molar-refractivity contribution in [2.24, 2.45) is 0 Å². The van der Waals surface area contributed by atoms with Crippen LogP contribution in [0.3, 0.4) is 0 Å². The molecule has 0 N–H and O–H groups in total. The summed E-state index contributed by atoms with van der Waals surface area (Å²) in [6.07, 6.45) is 5.34. The van der Waals surface area contributed by atoms with Gasteiger partial charge in [-0.15, -0.1) is 0 Å². The largest absolute Gasteiger partial charge is 0.356 e. The molecule has 0 bridgehead atoms. The zero-order valence-corrected chi connectivity index (χ0v) is 14.4. The van der Waals surface area contributed by atoms with Crippen molar-refractivity contribution in [1.82, 2.24) is 9.97 Å². The Labute approximate surface area is 139 Å². The molecule has 0 spiro atoms. The maximum atomic E-state index is 4.66. The van der Waals surface area contributed by atoms with E-state index in [-0.39, 0.29) is 0 Å². The number of hydrogen-bond acceptors (Lipinski definition) is 4. The number of piperidine rings is 1. The highest BCUT2D eigenvalue weighted by molar-refractivity contribution is 5.43. The molecule has 0 aliphatic carbocycles. The third-order valence-corrected chi connectivity index (χ3v) is 4.71. The molecule has 1 aliphatic heterocycles. The molecule has 23 heavy (non-hydrogen) atoms. The highest BCUT2D eigenvalue weighted by atomic mass is 15.3. The average molecular weight is 310 g/mol. The van der Waals surface area contributed by atoms with Crippen LogP contribution in [0.4, 0.5) is 11.8 Å². The van der Waals surface area contributed by atoms with Gasteiger partial charge in [0.1, 0.15) is 5.82 Å². The molecule has 0 unspecified atom stereocenters. The van der Waals surface area contributed by atoms with E-state index >= 15 is 0 Å². The van der Waals surface area contributed by atoms with Crippen LogP contribution < -0.4 is 9.80 Å². The molecule has 4 nitrogen and oxygen atoms in total. The van der Waals surface area contributed by atoms with E-state index in [0.29, 0.717) is 5.92 Å². The molecule has 1 aliphatic rings. The van der Waals surface area contributed by atoms with E-state index in [2.05, 4.69) is 46.1 Å². The second-order valence-corrected chi connectivity index (χ2v) is 6.47. The van der Waals surface area contributed by atoms with Crippen molar-refractivity contribution in [2.45, 2.75) is 32.1 Å². The van der Waals surface area contributed by atoms with Crippen molar-refractivity contribution in [1.29, 1.82) is 0 Å². The van der Waals surface area contributed by atoms with Crippen molar-refractivity contribution in [3.8, 4) is 0 Å². The first-order valence-electron chi connectivity index (χ1n) is 8.51. The quantitative estimate of drug-likeness (QED) is 0.865. The zero-order chi connectivity index (χ0) is 16.2. The number of rotatable bonds is 4. The van der Waals surface area contributed by atoms with Gasteiger partial charge < -0.3 is 9.80 Å². The summed E-state index contributed by atoms with van der Waals surface area (Å²) in [6.45, 7) is 4.32. The fourth-order valence-corrected chi connectivity index (χ4v) is 3.20. The predicted molar refractivity (Wildman–Crippen MR) is 96.4 cm³/mol. The first kappa shape index (κ1) is 15.8. The molecule has 1 fully saturated rings. The fourth-order valence-electron chi connectivity index (χ4n) is 3.20. The Balaban J connectivity index is 1.64. The number of anilines is 2. The highest BCUT2D eigenvalue weighted by Gasteiger charge is 2.21. The van der Waals surface area contributed by atoms with E-state index in [1.165, 1.54) is 24.0 Å². The topological polar surface area (TPSA) is 32.3 Å². The second kappa shape index (κ2) is 6.99. The van der Waals surface area contributed by atoms with Gasteiger partial charge in [0, 0.05) is 33.4 Å². The highest BCUT2D eigenvalue weighted by Crippen LogP contribution is 2.30. The predicted octanol–water partition coefficient (Wildman–Crippen LogP) is 3.49. The lowest BCUT2D eigenvalue weighted by Crippen LogP contribution is -2.33. The van der Waals surface area contributed by atoms with E-state index in [9.17, 15) is 0 Å². The SMILES string of the molecule is CCc1ccc(C2CCN(c3ccnc(N(C)C)n3)CC2)cc1. The molecule has 0 radical (unpaired) electrons. The molecule has 0 atom stereocenters. The van der Waals surface area contributed by atoms with Gasteiger partial charge in [0.15, 0.2) is 0 Å². The maximum Gasteiger partial charge on any atom is 0.226 e. The molecule has 1 saturated heterocycles. The number of hydrogen-bond donors (Lipinski definition) is 0. The van der Waals surface area contributed by atoms with Gasteiger partial charge in [0.2, 0.25) is 5.95 Å². The van der Waals surface area contributed by atoms with Gasteiger partial charge in [-0.2, -0.15) is 4.98 Å². The monoisotopic (exact) mass is 310 g/mol. The number of benzene rings is 1. The standard InChI is InChI=1S/C19H26N4/c1-4-15-5-7-16(8-6-15)17-10-13-23(14-11-17)18-9-12-20-19(21-18)22(2)3/h5-9,12,17H,4,10-11,13-14H2,1-3H3. The molecule has 0 saturated carbocycles. The van der Waals surface area contributed by atoms with Gasteiger partial charge in [0.25, 0.3) is 0 Å². The van der Waals surface area contributed by atoms with Crippen LogP contribution in [0.15, 0.2) is 36.5 Å².